The molecule has 0 spiro atoms. The molecule has 1 aliphatic rings. The molecule has 1 heterocycles. The Morgan fingerprint density at radius 2 is 2.24 bits per heavy atom. The van der Waals surface area contributed by atoms with E-state index in [1.807, 2.05) is 0 Å². The summed E-state index contributed by atoms with van der Waals surface area (Å²) in [6.45, 7) is 0.735. The monoisotopic (exact) mass is 239 g/mol. The summed E-state index contributed by atoms with van der Waals surface area (Å²) in [4.78, 5) is 27.3. The first-order valence-electron chi connectivity index (χ1n) is 5.87. The number of aromatic amines is 2. The van der Waals surface area contributed by atoms with Crippen LogP contribution in [0.4, 0.5) is 0 Å². The van der Waals surface area contributed by atoms with Crippen LogP contribution in [0.2, 0.25) is 0 Å². The zero-order valence-corrected chi connectivity index (χ0v) is 9.53. The van der Waals surface area contributed by atoms with E-state index in [2.05, 4.69) is 15.3 Å². The summed E-state index contributed by atoms with van der Waals surface area (Å²) in [5.74, 6) is 0.349. The number of imidazole rings is 1. The number of hydrogen-bond donors (Lipinski definition) is 4. The maximum absolute atomic E-state index is 11.6. The number of rotatable bonds is 4. The summed E-state index contributed by atoms with van der Waals surface area (Å²) < 4.78 is 0. The van der Waals surface area contributed by atoms with Crippen molar-refractivity contribution in [2.24, 2.45) is 11.8 Å². The molecule has 1 fully saturated rings. The molecule has 0 bridgehead atoms. The zero-order chi connectivity index (χ0) is 12.3. The lowest BCUT2D eigenvalue weighted by atomic mass is 9.97. The fraction of sp³-hybridized carbons (Fsp3) is 0.636. The van der Waals surface area contributed by atoms with Gasteiger partial charge in [-0.1, -0.05) is 6.42 Å². The van der Waals surface area contributed by atoms with Crippen LogP contribution in [0, 0.1) is 11.8 Å². The molecule has 6 heteroatoms. The normalized spacial score (nSPS) is 23.8. The summed E-state index contributed by atoms with van der Waals surface area (Å²) in [5.41, 5.74) is -0.141. The van der Waals surface area contributed by atoms with Gasteiger partial charge in [-0.25, -0.2) is 4.79 Å². The van der Waals surface area contributed by atoms with Gasteiger partial charge in [-0.05, 0) is 24.7 Å². The third kappa shape index (κ3) is 2.76. The SMILES string of the molecule is O=C(NCC1CCCC1CO)c1c[nH]c(=O)[nH]1. The molecule has 0 aromatic carbocycles. The molecule has 0 radical (unpaired) electrons. The molecular formula is C11H17N3O3. The molecule has 4 N–H and O–H groups in total. The molecule has 0 saturated heterocycles. The minimum Gasteiger partial charge on any atom is -0.396 e. The largest absolute Gasteiger partial charge is 0.396 e. The van der Waals surface area contributed by atoms with Crippen LogP contribution < -0.4 is 11.0 Å². The van der Waals surface area contributed by atoms with Crippen LogP contribution in [0.3, 0.4) is 0 Å². The van der Waals surface area contributed by atoms with Crippen molar-refractivity contribution >= 4 is 5.91 Å². The van der Waals surface area contributed by atoms with Crippen LogP contribution in [0.1, 0.15) is 29.8 Å². The van der Waals surface area contributed by atoms with Crippen molar-refractivity contribution in [3.05, 3.63) is 22.4 Å². The summed E-state index contributed by atoms with van der Waals surface area (Å²) in [5, 5.41) is 11.9. The number of nitrogens with one attached hydrogen (secondary N) is 3. The number of carbonyl (C=O) groups excluding carboxylic acids is 1. The van der Waals surface area contributed by atoms with Crippen molar-refractivity contribution in [1.82, 2.24) is 15.3 Å². The number of carbonyl (C=O) groups is 1. The van der Waals surface area contributed by atoms with Crippen molar-refractivity contribution in [2.45, 2.75) is 19.3 Å². The first kappa shape index (κ1) is 11.9. The molecule has 1 aromatic heterocycles. The fourth-order valence-corrected chi connectivity index (χ4v) is 2.40. The van der Waals surface area contributed by atoms with Gasteiger partial charge in [0.2, 0.25) is 0 Å². The maximum Gasteiger partial charge on any atom is 0.323 e. The van der Waals surface area contributed by atoms with Gasteiger partial charge >= 0.3 is 5.69 Å². The molecule has 1 saturated carbocycles. The summed E-state index contributed by atoms with van der Waals surface area (Å²) in [7, 11) is 0. The molecule has 17 heavy (non-hydrogen) atoms. The lowest BCUT2D eigenvalue weighted by Crippen LogP contribution is -2.32. The first-order chi connectivity index (χ1) is 8.20. The molecule has 2 atom stereocenters. The molecule has 6 nitrogen and oxygen atoms in total. The van der Waals surface area contributed by atoms with Gasteiger partial charge in [0, 0.05) is 19.3 Å². The maximum atomic E-state index is 11.6. The van der Waals surface area contributed by atoms with E-state index >= 15 is 0 Å². The standard InChI is InChI=1S/C11H17N3O3/c15-6-8-3-1-2-7(8)4-12-10(16)9-5-13-11(17)14-9/h5,7-8,15H,1-4,6H2,(H,12,16)(H2,13,14,17). The van der Waals surface area contributed by atoms with E-state index in [-0.39, 0.29) is 23.9 Å². The number of amides is 1. The molecule has 2 rings (SSSR count). The number of aliphatic hydroxyl groups excluding tert-OH is 1. The molecule has 1 aromatic rings. The number of aromatic nitrogens is 2. The van der Waals surface area contributed by atoms with Gasteiger partial charge in [0.1, 0.15) is 5.69 Å². The van der Waals surface area contributed by atoms with Gasteiger partial charge < -0.3 is 20.4 Å². The highest BCUT2D eigenvalue weighted by Crippen LogP contribution is 2.30. The van der Waals surface area contributed by atoms with Crippen molar-refractivity contribution in [3.8, 4) is 0 Å². The van der Waals surface area contributed by atoms with E-state index < -0.39 is 0 Å². The smallest absolute Gasteiger partial charge is 0.323 e. The number of aliphatic hydroxyl groups is 1. The predicted octanol–water partition coefficient (Wildman–Crippen LogP) is -0.159. The Morgan fingerprint density at radius 3 is 2.88 bits per heavy atom. The number of H-pyrrole nitrogens is 2. The summed E-state index contributed by atoms with van der Waals surface area (Å²) in [6, 6.07) is 0. The van der Waals surface area contributed by atoms with Crippen molar-refractivity contribution in [1.29, 1.82) is 0 Å². The Bertz CT molecular complexity index is 437. The van der Waals surface area contributed by atoms with E-state index in [4.69, 9.17) is 5.11 Å². The molecule has 1 aliphatic carbocycles. The van der Waals surface area contributed by atoms with Gasteiger partial charge in [0.05, 0.1) is 0 Å². The first-order valence-corrected chi connectivity index (χ1v) is 5.87. The highest BCUT2D eigenvalue weighted by atomic mass is 16.3. The third-order valence-electron chi connectivity index (χ3n) is 3.42. The second-order valence-corrected chi connectivity index (χ2v) is 4.50. The second-order valence-electron chi connectivity index (χ2n) is 4.50. The van der Waals surface area contributed by atoms with Crippen molar-refractivity contribution < 1.29 is 9.90 Å². The van der Waals surface area contributed by atoms with Crippen LogP contribution in [0.25, 0.3) is 0 Å². The molecular weight excluding hydrogens is 222 g/mol. The number of hydrogen-bond acceptors (Lipinski definition) is 3. The minimum absolute atomic E-state index is 0.182. The average Bonchev–Trinajstić information content (AvgIpc) is 2.94. The summed E-state index contributed by atoms with van der Waals surface area (Å²) >= 11 is 0. The van der Waals surface area contributed by atoms with Gasteiger partial charge in [0.25, 0.3) is 5.91 Å². The quantitative estimate of drug-likeness (QED) is 0.587. The highest BCUT2D eigenvalue weighted by Gasteiger charge is 2.26. The molecule has 94 valence electrons. The lowest BCUT2D eigenvalue weighted by Gasteiger charge is -2.17. The molecule has 2 unspecified atom stereocenters. The molecule has 1 amide bonds. The zero-order valence-electron chi connectivity index (χ0n) is 9.53. The van der Waals surface area contributed by atoms with E-state index in [1.54, 1.807) is 0 Å². The van der Waals surface area contributed by atoms with Gasteiger partial charge in [-0.3, -0.25) is 4.79 Å². The van der Waals surface area contributed by atoms with Gasteiger partial charge in [-0.15, -0.1) is 0 Å². The van der Waals surface area contributed by atoms with E-state index in [1.165, 1.54) is 6.20 Å². The molecule has 0 aliphatic heterocycles. The van der Waals surface area contributed by atoms with Crippen LogP contribution >= 0.6 is 0 Å². The van der Waals surface area contributed by atoms with E-state index in [0.29, 0.717) is 18.4 Å². The van der Waals surface area contributed by atoms with Gasteiger partial charge in [0.15, 0.2) is 0 Å². The van der Waals surface area contributed by atoms with Crippen LogP contribution in [0.15, 0.2) is 11.0 Å². The Hall–Kier alpha value is -1.56. The van der Waals surface area contributed by atoms with E-state index in [9.17, 15) is 9.59 Å². The van der Waals surface area contributed by atoms with Crippen molar-refractivity contribution in [2.75, 3.05) is 13.2 Å². The van der Waals surface area contributed by atoms with E-state index in [0.717, 1.165) is 19.3 Å². The topological polar surface area (TPSA) is 98.0 Å². The Kier molecular flexibility index (Phi) is 3.63. The fourth-order valence-electron chi connectivity index (χ4n) is 2.40. The van der Waals surface area contributed by atoms with Gasteiger partial charge in [-0.2, -0.15) is 0 Å². The highest BCUT2D eigenvalue weighted by molar-refractivity contribution is 5.91. The Balaban J connectivity index is 1.86. The lowest BCUT2D eigenvalue weighted by molar-refractivity contribution is 0.0933. The van der Waals surface area contributed by atoms with Crippen LogP contribution in [0.5, 0.6) is 0 Å². The van der Waals surface area contributed by atoms with Crippen molar-refractivity contribution in [3.63, 3.8) is 0 Å². The summed E-state index contributed by atoms with van der Waals surface area (Å²) in [6.07, 6.45) is 4.52. The third-order valence-corrected chi connectivity index (χ3v) is 3.42. The Morgan fingerprint density at radius 1 is 1.47 bits per heavy atom. The van der Waals surface area contributed by atoms with Crippen LogP contribution in [-0.2, 0) is 0 Å². The van der Waals surface area contributed by atoms with Crippen LogP contribution in [-0.4, -0.2) is 34.1 Å². The predicted molar refractivity (Wildman–Crippen MR) is 61.7 cm³/mol. The Labute approximate surface area is 98.4 Å². The average molecular weight is 239 g/mol. The minimum atomic E-state index is -0.385. The second kappa shape index (κ2) is 5.18.